The van der Waals surface area contributed by atoms with Crippen LogP contribution in [0, 0.1) is 11.6 Å². The molecule has 162 valence electrons. The lowest BCUT2D eigenvalue weighted by Crippen LogP contribution is -2.25. The van der Waals surface area contributed by atoms with E-state index in [0.29, 0.717) is 16.1 Å². The average molecular weight is 472 g/mol. The molecule has 1 amide bonds. The van der Waals surface area contributed by atoms with Gasteiger partial charge < -0.3 is 5.32 Å². The monoisotopic (exact) mass is 471 g/mol. The second-order valence-corrected chi connectivity index (χ2v) is 8.24. The van der Waals surface area contributed by atoms with E-state index in [1.165, 1.54) is 28.8 Å². The van der Waals surface area contributed by atoms with Crippen LogP contribution in [0.5, 0.6) is 0 Å². The first-order valence-electron chi connectivity index (χ1n) is 9.52. The van der Waals surface area contributed by atoms with Gasteiger partial charge in [-0.05, 0) is 48.0 Å². The van der Waals surface area contributed by atoms with Gasteiger partial charge >= 0.3 is 0 Å². The van der Waals surface area contributed by atoms with E-state index in [2.05, 4.69) is 10.3 Å². The number of nitrogens with zero attached hydrogens (tertiary/aromatic N) is 2. The minimum Gasteiger partial charge on any atom is -0.324 e. The number of nitrogens with one attached hydrogen (secondary N) is 1. The number of hydrogen-bond donors (Lipinski definition) is 1. The van der Waals surface area contributed by atoms with Crippen LogP contribution in [-0.4, -0.2) is 21.2 Å². The molecule has 0 spiro atoms. The van der Waals surface area contributed by atoms with Crippen molar-refractivity contribution in [1.29, 1.82) is 0 Å². The Morgan fingerprint density at radius 1 is 1.03 bits per heavy atom. The number of benzene rings is 3. The summed E-state index contributed by atoms with van der Waals surface area (Å²) in [6.07, 6.45) is 0. The van der Waals surface area contributed by atoms with Crippen LogP contribution in [0.15, 0.2) is 76.7 Å². The lowest BCUT2D eigenvalue weighted by Gasteiger charge is -2.13. The minimum atomic E-state index is -0.507. The van der Waals surface area contributed by atoms with Gasteiger partial charge in [0.25, 0.3) is 5.56 Å². The van der Waals surface area contributed by atoms with Crippen molar-refractivity contribution in [3.05, 3.63) is 99.3 Å². The molecule has 4 rings (SSSR count). The molecule has 0 aliphatic rings. The molecule has 0 aliphatic carbocycles. The Kier molecular flexibility index (Phi) is 6.53. The molecule has 9 heteroatoms. The molecule has 0 bridgehead atoms. The number of hydrogen-bond acceptors (Lipinski definition) is 4. The Morgan fingerprint density at radius 2 is 1.75 bits per heavy atom. The summed E-state index contributed by atoms with van der Waals surface area (Å²) in [6.45, 7) is 0.171. The fraction of sp³-hybridized carbons (Fsp3) is 0.0870. The Hall–Kier alpha value is -3.23. The Bertz CT molecular complexity index is 1360. The second kappa shape index (κ2) is 9.50. The van der Waals surface area contributed by atoms with Crippen LogP contribution in [0.25, 0.3) is 10.9 Å². The van der Waals surface area contributed by atoms with Gasteiger partial charge in [-0.1, -0.05) is 47.6 Å². The highest BCUT2D eigenvalue weighted by Crippen LogP contribution is 2.24. The summed E-state index contributed by atoms with van der Waals surface area (Å²) >= 11 is 7.04. The van der Waals surface area contributed by atoms with E-state index in [1.54, 1.807) is 36.4 Å². The summed E-state index contributed by atoms with van der Waals surface area (Å²) in [7, 11) is 0. The first-order chi connectivity index (χ1) is 15.4. The zero-order valence-corrected chi connectivity index (χ0v) is 18.1. The van der Waals surface area contributed by atoms with Crippen molar-refractivity contribution in [3.63, 3.8) is 0 Å². The molecule has 32 heavy (non-hydrogen) atoms. The molecule has 1 aromatic heterocycles. The molecular formula is C23H16ClF2N3O2S. The molecule has 0 aliphatic heterocycles. The fourth-order valence-corrected chi connectivity index (χ4v) is 4.09. The summed E-state index contributed by atoms with van der Waals surface area (Å²) in [5.74, 6) is -1.32. The number of halogens is 3. The van der Waals surface area contributed by atoms with Gasteiger partial charge in [0.15, 0.2) is 5.16 Å². The normalized spacial score (nSPS) is 11.0. The molecule has 0 unspecified atom stereocenters. The van der Waals surface area contributed by atoms with Gasteiger partial charge in [0, 0.05) is 0 Å². The number of aromatic nitrogens is 2. The zero-order valence-electron chi connectivity index (χ0n) is 16.5. The quantitative estimate of drug-likeness (QED) is 0.313. The maximum atomic E-state index is 13.3. The van der Waals surface area contributed by atoms with E-state index in [-0.39, 0.29) is 40.3 Å². The molecule has 4 aromatic rings. The first-order valence-corrected chi connectivity index (χ1v) is 10.9. The molecular weight excluding hydrogens is 456 g/mol. The number of carbonyl (C=O) groups excluding carboxylic acids is 1. The minimum absolute atomic E-state index is 0.0537. The van der Waals surface area contributed by atoms with Gasteiger partial charge in [-0.3, -0.25) is 14.2 Å². The Morgan fingerprint density at radius 3 is 2.50 bits per heavy atom. The van der Waals surface area contributed by atoms with Crippen molar-refractivity contribution < 1.29 is 13.6 Å². The number of fused-ring (bicyclic) bond motifs is 1. The van der Waals surface area contributed by atoms with Crippen molar-refractivity contribution in [2.24, 2.45) is 0 Å². The van der Waals surface area contributed by atoms with Crippen molar-refractivity contribution in [3.8, 4) is 0 Å². The number of thioether (sulfide) groups is 1. The van der Waals surface area contributed by atoms with Crippen LogP contribution in [0.3, 0.4) is 0 Å². The van der Waals surface area contributed by atoms with E-state index < -0.39 is 5.82 Å². The third-order valence-electron chi connectivity index (χ3n) is 4.62. The summed E-state index contributed by atoms with van der Waals surface area (Å²) in [5, 5.41) is 3.49. The van der Waals surface area contributed by atoms with Gasteiger partial charge in [0.1, 0.15) is 11.6 Å². The van der Waals surface area contributed by atoms with Crippen LogP contribution < -0.4 is 10.9 Å². The highest BCUT2D eigenvalue weighted by molar-refractivity contribution is 7.99. The average Bonchev–Trinajstić information content (AvgIpc) is 2.78. The SMILES string of the molecule is O=C(CSc1nc2ccccc2c(=O)n1Cc1ccc(F)cc1)Nc1ccc(F)cc1Cl. The summed E-state index contributed by atoms with van der Waals surface area (Å²) < 4.78 is 27.9. The third kappa shape index (κ3) is 4.98. The van der Waals surface area contributed by atoms with Gasteiger partial charge in [-0.15, -0.1) is 0 Å². The Balaban J connectivity index is 1.61. The topological polar surface area (TPSA) is 64.0 Å². The highest BCUT2D eigenvalue weighted by Gasteiger charge is 2.15. The van der Waals surface area contributed by atoms with E-state index in [9.17, 15) is 18.4 Å². The van der Waals surface area contributed by atoms with E-state index in [4.69, 9.17) is 11.6 Å². The predicted molar refractivity (Wildman–Crippen MR) is 122 cm³/mol. The lowest BCUT2D eigenvalue weighted by atomic mass is 10.2. The van der Waals surface area contributed by atoms with E-state index >= 15 is 0 Å². The smallest absolute Gasteiger partial charge is 0.262 e. The third-order valence-corrected chi connectivity index (χ3v) is 5.91. The molecule has 0 fully saturated rings. The molecule has 0 saturated heterocycles. The van der Waals surface area contributed by atoms with Crippen molar-refractivity contribution >= 4 is 45.9 Å². The standard InChI is InChI=1S/C23H16ClF2N3O2S/c24-18-11-16(26)9-10-20(18)27-21(30)13-32-23-28-19-4-2-1-3-17(19)22(31)29(23)12-14-5-7-15(25)8-6-14/h1-11H,12-13H2,(H,27,30). The maximum absolute atomic E-state index is 13.3. The number of rotatable bonds is 6. The van der Waals surface area contributed by atoms with Gasteiger partial charge in [0.05, 0.1) is 33.9 Å². The van der Waals surface area contributed by atoms with E-state index in [0.717, 1.165) is 23.4 Å². The molecule has 5 nitrogen and oxygen atoms in total. The van der Waals surface area contributed by atoms with Crippen LogP contribution in [0.2, 0.25) is 5.02 Å². The number of amides is 1. The van der Waals surface area contributed by atoms with Crippen LogP contribution in [-0.2, 0) is 11.3 Å². The van der Waals surface area contributed by atoms with Crippen LogP contribution in [0.4, 0.5) is 14.5 Å². The van der Waals surface area contributed by atoms with E-state index in [1.807, 2.05) is 0 Å². The molecule has 1 N–H and O–H groups in total. The number of anilines is 1. The second-order valence-electron chi connectivity index (χ2n) is 6.89. The maximum Gasteiger partial charge on any atom is 0.262 e. The van der Waals surface area contributed by atoms with Gasteiger partial charge in [-0.25, -0.2) is 13.8 Å². The van der Waals surface area contributed by atoms with Crippen molar-refractivity contribution in [2.75, 3.05) is 11.1 Å². The summed E-state index contributed by atoms with van der Waals surface area (Å²) in [6, 6.07) is 16.4. The molecule has 0 radical (unpaired) electrons. The Labute approximate surface area is 191 Å². The number of para-hydroxylation sites is 1. The first kappa shape index (κ1) is 22.0. The van der Waals surface area contributed by atoms with Gasteiger partial charge in [-0.2, -0.15) is 0 Å². The fourth-order valence-electron chi connectivity index (χ4n) is 3.08. The highest BCUT2D eigenvalue weighted by atomic mass is 35.5. The van der Waals surface area contributed by atoms with Crippen LogP contribution >= 0.6 is 23.4 Å². The summed E-state index contributed by atoms with van der Waals surface area (Å²) in [4.78, 5) is 30.1. The van der Waals surface area contributed by atoms with Crippen LogP contribution in [0.1, 0.15) is 5.56 Å². The number of carbonyl (C=O) groups is 1. The van der Waals surface area contributed by atoms with Crippen molar-refractivity contribution in [1.82, 2.24) is 9.55 Å². The molecule has 3 aromatic carbocycles. The largest absolute Gasteiger partial charge is 0.324 e. The molecule has 0 saturated carbocycles. The zero-order chi connectivity index (χ0) is 22.7. The lowest BCUT2D eigenvalue weighted by molar-refractivity contribution is -0.113. The predicted octanol–water partition coefficient (Wildman–Crippen LogP) is 5.11. The molecule has 0 atom stereocenters. The summed E-state index contributed by atoms with van der Waals surface area (Å²) in [5.41, 5.74) is 1.26. The van der Waals surface area contributed by atoms with Crippen molar-refractivity contribution in [2.45, 2.75) is 11.7 Å². The molecule has 1 heterocycles. The van der Waals surface area contributed by atoms with Gasteiger partial charge in [0.2, 0.25) is 5.91 Å².